The van der Waals surface area contributed by atoms with Crippen molar-refractivity contribution in [1.82, 2.24) is 4.90 Å². The summed E-state index contributed by atoms with van der Waals surface area (Å²) in [4.78, 5) is 28.3. The molecule has 0 saturated carbocycles. The molecule has 8 heteroatoms. The molecule has 2 aromatic carbocycles. The molecule has 2 aliphatic rings. The number of rotatable bonds is 4. The molecule has 3 aromatic rings. The first-order valence-corrected chi connectivity index (χ1v) is 10.9. The average Bonchev–Trinajstić information content (AvgIpc) is 3.41. The molecule has 1 N–H and O–H groups in total. The van der Waals surface area contributed by atoms with Gasteiger partial charge >= 0.3 is 0 Å². The van der Waals surface area contributed by atoms with E-state index in [1.54, 1.807) is 18.2 Å². The first-order valence-electron chi connectivity index (χ1n) is 9.99. The van der Waals surface area contributed by atoms with Gasteiger partial charge < -0.3 is 19.5 Å². The van der Waals surface area contributed by atoms with Crippen molar-refractivity contribution in [2.24, 2.45) is 0 Å². The van der Waals surface area contributed by atoms with Crippen molar-refractivity contribution in [3.8, 4) is 11.5 Å². The van der Waals surface area contributed by atoms with E-state index in [0.717, 1.165) is 4.88 Å². The minimum atomic E-state index is -0.856. The Balaban J connectivity index is 1.63. The maximum Gasteiger partial charge on any atom is 0.295 e. The van der Waals surface area contributed by atoms with Crippen LogP contribution in [0.3, 0.4) is 0 Å². The molecular formula is C24H18FNO5S. The molecule has 0 spiro atoms. The number of carbonyl (C=O) groups is 2. The van der Waals surface area contributed by atoms with E-state index in [9.17, 15) is 19.1 Å². The van der Waals surface area contributed by atoms with E-state index in [4.69, 9.17) is 9.47 Å². The van der Waals surface area contributed by atoms with Crippen molar-refractivity contribution in [1.29, 1.82) is 0 Å². The normalized spacial score (nSPS) is 19.4. The highest BCUT2D eigenvalue weighted by Crippen LogP contribution is 2.42. The molecule has 1 amide bonds. The molecule has 32 heavy (non-hydrogen) atoms. The number of likely N-dealkylation sites (tertiary alicyclic amines) is 1. The highest BCUT2D eigenvalue weighted by atomic mass is 32.1. The summed E-state index contributed by atoms with van der Waals surface area (Å²) in [6.45, 7) is 0.997. The minimum Gasteiger partial charge on any atom is -0.507 e. The van der Waals surface area contributed by atoms with Crippen molar-refractivity contribution in [2.75, 3.05) is 13.2 Å². The van der Waals surface area contributed by atoms with Crippen LogP contribution in [0.15, 0.2) is 65.6 Å². The monoisotopic (exact) mass is 451 g/mol. The summed E-state index contributed by atoms with van der Waals surface area (Å²) < 4.78 is 24.7. The lowest BCUT2D eigenvalue weighted by Crippen LogP contribution is -2.28. The first kappa shape index (κ1) is 20.3. The van der Waals surface area contributed by atoms with Gasteiger partial charge in [-0.25, -0.2) is 4.39 Å². The highest BCUT2D eigenvalue weighted by molar-refractivity contribution is 7.09. The van der Waals surface area contributed by atoms with Crippen LogP contribution in [-0.4, -0.2) is 34.9 Å². The van der Waals surface area contributed by atoms with E-state index in [1.807, 2.05) is 17.5 Å². The third-order valence-corrected chi connectivity index (χ3v) is 6.31. The molecule has 162 valence electrons. The number of fused-ring (bicyclic) bond motifs is 1. The largest absolute Gasteiger partial charge is 0.507 e. The molecule has 0 bridgehead atoms. The lowest BCUT2D eigenvalue weighted by molar-refractivity contribution is -0.140. The second kappa shape index (κ2) is 8.12. The van der Waals surface area contributed by atoms with Gasteiger partial charge in [-0.1, -0.05) is 18.2 Å². The molecular weight excluding hydrogens is 433 g/mol. The molecule has 0 aliphatic carbocycles. The van der Waals surface area contributed by atoms with E-state index in [-0.39, 0.29) is 17.9 Å². The Morgan fingerprint density at radius 1 is 1.06 bits per heavy atom. The standard InChI is InChI=1S/C24H18FNO5S/c25-16-6-3-14(4-7-16)21-20(23(28)24(29)26(21)13-17-2-1-11-32-17)22(27)15-5-8-18-19(12-15)31-10-9-30-18/h1-8,11-12,21,27H,9-10,13H2/b22-20+. The Hall–Kier alpha value is -3.65. The number of Topliss-reactive ketones (excluding diaryl/α,β-unsaturated/α-hetero) is 1. The Morgan fingerprint density at radius 3 is 2.53 bits per heavy atom. The topological polar surface area (TPSA) is 76.1 Å². The number of hydrogen-bond acceptors (Lipinski definition) is 6. The van der Waals surface area contributed by atoms with E-state index in [2.05, 4.69) is 0 Å². The van der Waals surface area contributed by atoms with Gasteiger partial charge in [0.1, 0.15) is 24.8 Å². The number of aliphatic hydroxyl groups is 1. The van der Waals surface area contributed by atoms with Crippen LogP contribution in [0.5, 0.6) is 11.5 Å². The zero-order valence-electron chi connectivity index (χ0n) is 16.8. The molecule has 1 unspecified atom stereocenters. The fourth-order valence-corrected chi connectivity index (χ4v) is 4.65. The number of nitrogens with zero attached hydrogens (tertiary/aromatic N) is 1. The van der Waals surface area contributed by atoms with Crippen LogP contribution >= 0.6 is 11.3 Å². The fourth-order valence-electron chi connectivity index (χ4n) is 3.95. The van der Waals surface area contributed by atoms with E-state index >= 15 is 0 Å². The van der Waals surface area contributed by atoms with Crippen LogP contribution in [0.4, 0.5) is 4.39 Å². The average molecular weight is 451 g/mol. The van der Waals surface area contributed by atoms with Crippen molar-refractivity contribution in [3.63, 3.8) is 0 Å². The van der Waals surface area contributed by atoms with Gasteiger partial charge in [0.2, 0.25) is 0 Å². The van der Waals surface area contributed by atoms with Gasteiger partial charge in [0.05, 0.1) is 18.2 Å². The number of halogens is 1. The highest BCUT2D eigenvalue weighted by Gasteiger charge is 2.46. The van der Waals surface area contributed by atoms with Crippen molar-refractivity contribution in [3.05, 3.63) is 87.4 Å². The number of carbonyl (C=O) groups excluding carboxylic acids is 2. The van der Waals surface area contributed by atoms with Gasteiger partial charge in [-0.2, -0.15) is 0 Å². The zero-order valence-corrected chi connectivity index (χ0v) is 17.6. The van der Waals surface area contributed by atoms with Crippen LogP contribution < -0.4 is 9.47 Å². The molecule has 1 aromatic heterocycles. The quantitative estimate of drug-likeness (QED) is 0.364. The first-order chi connectivity index (χ1) is 15.5. The van der Waals surface area contributed by atoms with E-state index in [1.165, 1.54) is 40.5 Å². The van der Waals surface area contributed by atoms with Gasteiger partial charge in [-0.3, -0.25) is 9.59 Å². The fraction of sp³-hybridized carbons (Fsp3) is 0.167. The summed E-state index contributed by atoms with van der Waals surface area (Å²) >= 11 is 1.46. The number of benzene rings is 2. The smallest absolute Gasteiger partial charge is 0.295 e. The van der Waals surface area contributed by atoms with Crippen LogP contribution in [0, 0.1) is 5.82 Å². The lowest BCUT2D eigenvalue weighted by Gasteiger charge is -2.25. The van der Waals surface area contributed by atoms with Crippen LogP contribution in [0.25, 0.3) is 5.76 Å². The molecule has 5 rings (SSSR count). The second-order valence-corrected chi connectivity index (χ2v) is 8.45. The molecule has 1 saturated heterocycles. The summed E-state index contributed by atoms with van der Waals surface area (Å²) in [7, 11) is 0. The van der Waals surface area contributed by atoms with Crippen molar-refractivity contribution < 1.29 is 28.6 Å². The Morgan fingerprint density at radius 2 is 1.81 bits per heavy atom. The second-order valence-electron chi connectivity index (χ2n) is 7.42. The van der Waals surface area contributed by atoms with Crippen molar-refractivity contribution >= 4 is 28.8 Å². The third kappa shape index (κ3) is 3.52. The summed E-state index contributed by atoms with van der Waals surface area (Å²) in [5, 5.41) is 13.0. The minimum absolute atomic E-state index is 0.0464. The van der Waals surface area contributed by atoms with Gasteiger partial charge in [-0.15, -0.1) is 11.3 Å². The number of hydrogen-bond donors (Lipinski definition) is 1. The van der Waals surface area contributed by atoms with Crippen LogP contribution in [0.1, 0.15) is 22.0 Å². The third-order valence-electron chi connectivity index (χ3n) is 5.45. The Kier molecular flexibility index (Phi) is 5.14. The van der Waals surface area contributed by atoms with Gasteiger partial charge in [0.25, 0.3) is 11.7 Å². The summed E-state index contributed by atoms with van der Waals surface area (Å²) in [5.41, 5.74) is 0.812. The van der Waals surface area contributed by atoms with E-state index in [0.29, 0.717) is 35.8 Å². The Bertz CT molecular complexity index is 1220. The Labute approximate surface area is 187 Å². The summed E-state index contributed by atoms with van der Waals surface area (Å²) in [5.74, 6) is -1.26. The number of amides is 1. The zero-order chi connectivity index (χ0) is 22.2. The number of ether oxygens (including phenoxy) is 2. The predicted molar refractivity (Wildman–Crippen MR) is 116 cm³/mol. The molecule has 0 radical (unpaired) electrons. The van der Waals surface area contributed by atoms with Crippen LogP contribution in [-0.2, 0) is 16.1 Å². The lowest BCUT2D eigenvalue weighted by atomic mass is 9.95. The molecule has 6 nitrogen and oxygen atoms in total. The van der Waals surface area contributed by atoms with Gasteiger partial charge in [0.15, 0.2) is 11.5 Å². The molecule has 3 heterocycles. The van der Waals surface area contributed by atoms with E-state index < -0.39 is 23.5 Å². The summed E-state index contributed by atoms with van der Waals surface area (Å²) in [6, 6.07) is 13.3. The predicted octanol–water partition coefficient (Wildman–Crippen LogP) is 4.28. The molecule has 1 atom stereocenters. The van der Waals surface area contributed by atoms with Gasteiger partial charge in [-0.05, 0) is 47.3 Å². The number of ketones is 1. The number of aliphatic hydroxyl groups excluding tert-OH is 1. The molecule has 2 aliphatic heterocycles. The number of thiophene rings is 1. The van der Waals surface area contributed by atoms with Gasteiger partial charge in [0, 0.05) is 10.4 Å². The maximum atomic E-state index is 13.6. The van der Waals surface area contributed by atoms with Crippen LogP contribution in [0.2, 0.25) is 0 Å². The molecule has 1 fully saturated rings. The van der Waals surface area contributed by atoms with Crippen molar-refractivity contribution in [2.45, 2.75) is 12.6 Å². The maximum absolute atomic E-state index is 13.6. The summed E-state index contributed by atoms with van der Waals surface area (Å²) in [6.07, 6.45) is 0. The SMILES string of the molecule is O=C1C(=O)N(Cc2cccs2)C(c2ccc(F)cc2)/C1=C(\O)c1ccc2c(c1)OCCO2.